The van der Waals surface area contributed by atoms with Gasteiger partial charge < -0.3 is 5.32 Å². The Morgan fingerprint density at radius 3 is 2.94 bits per heavy atom. The molecule has 1 aromatic carbocycles. The molecule has 0 unspecified atom stereocenters. The molecular weight excluding hydrogens is 288 g/mol. The third-order valence-electron chi connectivity index (χ3n) is 2.95. The number of aromatic nitrogens is 1. The van der Waals surface area contributed by atoms with Crippen LogP contribution < -0.4 is 5.32 Å². The molecule has 18 heavy (non-hydrogen) atoms. The SMILES string of the molecule is CC(C)CCCNc1cccc2cc(Br)cnc12. The summed E-state index contributed by atoms with van der Waals surface area (Å²) in [5.74, 6) is 0.772. The molecule has 2 rings (SSSR count). The summed E-state index contributed by atoms with van der Waals surface area (Å²) in [7, 11) is 0. The van der Waals surface area contributed by atoms with Crippen molar-refractivity contribution < 1.29 is 0 Å². The largest absolute Gasteiger partial charge is 0.383 e. The quantitative estimate of drug-likeness (QED) is 0.799. The highest BCUT2D eigenvalue weighted by atomic mass is 79.9. The van der Waals surface area contributed by atoms with Crippen LogP contribution in [0.1, 0.15) is 26.7 Å². The fourth-order valence-corrected chi connectivity index (χ4v) is 2.36. The molecule has 96 valence electrons. The summed E-state index contributed by atoms with van der Waals surface area (Å²) in [5, 5.41) is 4.65. The molecule has 0 fully saturated rings. The summed E-state index contributed by atoms with van der Waals surface area (Å²) in [6, 6.07) is 8.36. The van der Waals surface area contributed by atoms with Gasteiger partial charge >= 0.3 is 0 Å². The molecule has 3 heteroatoms. The van der Waals surface area contributed by atoms with Crippen LogP contribution in [-0.4, -0.2) is 11.5 Å². The van der Waals surface area contributed by atoms with E-state index in [2.05, 4.69) is 64.3 Å². The van der Waals surface area contributed by atoms with Crippen LogP contribution in [0.2, 0.25) is 0 Å². The molecule has 0 aliphatic heterocycles. The topological polar surface area (TPSA) is 24.9 Å². The lowest BCUT2D eigenvalue weighted by atomic mass is 10.1. The molecule has 2 aromatic rings. The highest BCUT2D eigenvalue weighted by Crippen LogP contribution is 2.23. The molecule has 1 aromatic heterocycles. The Hall–Kier alpha value is -1.09. The van der Waals surface area contributed by atoms with E-state index in [4.69, 9.17) is 0 Å². The van der Waals surface area contributed by atoms with Crippen LogP contribution in [0.15, 0.2) is 34.9 Å². The van der Waals surface area contributed by atoms with Gasteiger partial charge in [-0.05, 0) is 46.8 Å². The summed E-state index contributed by atoms with van der Waals surface area (Å²) in [4.78, 5) is 4.49. The van der Waals surface area contributed by atoms with Crippen LogP contribution in [0.4, 0.5) is 5.69 Å². The van der Waals surface area contributed by atoms with Gasteiger partial charge in [0, 0.05) is 22.6 Å². The molecule has 0 aliphatic rings. The van der Waals surface area contributed by atoms with Gasteiger partial charge in [-0.25, -0.2) is 0 Å². The molecule has 0 saturated heterocycles. The average Bonchev–Trinajstić information content (AvgIpc) is 2.34. The number of hydrogen-bond donors (Lipinski definition) is 1. The number of para-hydroxylation sites is 1. The van der Waals surface area contributed by atoms with Crippen LogP contribution in [0.25, 0.3) is 10.9 Å². The molecular formula is C15H19BrN2. The third kappa shape index (κ3) is 3.45. The van der Waals surface area contributed by atoms with Gasteiger partial charge in [0.1, 0.15) is 0 Å². The summed E-state index contributed by atoms with van der Waals surface area (Å²) in [5.41, 5.74) is 2.18. The second-order valence-electron chi connectivity index (χ2n) is 4.99. The van der Waals surface area contributed by atoms with Gasteiger partial charge in [0.15, 0.2) is 0 Å². The molecule has 1 heterocycles. The molecule has 1 N–H and O–H groups in total. The number of pyridine rings is 1. The number of anilines is 1. The minimum absolute atomic E-state index is 0.772. The maximum Gasteiger partial charge on any atom is 0.0934 e. The van der Waals surface area contributed by atoms with Crippen molar-refractivity contribution in [1.29, 1.82) is 0 Å². The van der Waals surface area contributed by atoms with E-state index in [9.17, 15) is 0 Å². The molecule has 0 saturated carbocycles. The normalized spacial score (nSPS) is 11.1. The fourth-order valence-electron chi connectivity index (χ4n) is 2.01. The van der Waals surface area contributed by atoms with Crippen LogP contribution in [0.3, 0.4) is 0 Å². The van der Waals surface area contributed by atoms with Gasteiger partial charge in [-0.3, -0.25) is 4.98 Å². The van der Waals surface area contributed by atoms with E-state index in [-0.39, 0.29) is 0 Å². The van der Waals surface area contributed by atoms with Gasteiger partial charge in [0.25, 0.3) is 0 Å². The van der Waals surface area contributed by atoms with E-state index in [1.807, 2.05) is 6.20 Å². The monoisotopic (exact) mass is 306 g/mol. The van der Waals surface area contributed by atoms with E-state index >= 15 is 0 Å². The maximum atomic E-state index is 4.49. The van der Waals surface area contributed by atoms with Gasteiger partial charge in [-0.1, -0.05) is 26.0 Å². The van der Waals surface area contributed by atoms with Crippen molar-refractivity contribution >= 4 is 32.5 Å². The molecule has 0 bridgehead atoms. The van der Waals surface area contributed by atoms with Gasteiger partial charge in [-0.2, -0.15) is 0 Å². The first-order valence-electron chi connectivity index (χ1n) is 6.45. The van der Waals surface area contributed by atoms with E-state index in [0.29, 0.717) is 0 Å². The Kier molecular flexibility index (Phi) is 4.59. The highest BCUT2D eigenvalue weighted by molar-refractivity contribution is 9.10. The van der Waals surface area contributed by atoms with Crippen LogP contribution >= 0.6 is 15.9 Å². The van der Waals surface area contributed by atoms with E-state index in [1.165, 1.54) is 18.2 Å². The fraction of sp³-hybridized carbons (Fsp3) is 0.400. The van der Waals surface area contributed by atoms with Crippen molar-refractivity contribution in [3.63, 3.8) is 0 Å². The standard InChI is InChI=1S/C15H19BrN2/c1-11(2)5-4-8-17-14-7-3-6-12-9-13(16)10-18-15(12)14/h3,6-7,9-11,17H,4-5,8H2,1-2H3. The zero-order valence-corrected chi connectivity index (χ0v) is 12.5. The molecule has 0 aliphatic carbocycles. The van der Waals surface area contributed by atoms with Gasteiger partial charge in [0.2, 0.25) is 0 Å². The zero-order valence-electron chi connectivity index (χ0n) is 10.9. The highest BCUT2D eigenvalue weighted by Gasteiger charge is 2.02. The first-order chi connectivity index (χ1) is 8.66. The van der Waals surface area contributed by atoms with Crippen LogP contribution in [0, 0.1) is 5.92 Å². The van der Waals surface area contributed by atoms with Crippen LogP contribution in [0.5, 0.6) is 0 Å². The Morgan fingerprint density at radius 1 is 1.33 bits per heavy atom. The summed E-state index contributed by atoms with van der Waals surface area (Å²) in [6.45, 7) is 5.53. The predicted molar refractivity (Wildman–Crippen MR) is 82.0 cm³/mol. The third-order valence-corrected chi connectivity index (χ3v) is 3.38. The van der Waals surface area contributed by atoms with Crippen molar-refractivity contribution in [2.24, 2.45) is 5.92 Å². The summed E-state index contributed by atoms with van der Waals surface area (Å²) < 4.78 is 1.02. The minimum atomic E-state index is 0.772. The number of fused-ring (bicyclic) bond motifs is 1. The lowest BCUT2D eigenvalue weighted by Crippen LogP contribution is -2.03. The van der Waals surface area contributed by atoms with Crippen molar-refractivity contribution in [2.75, 3.05) is 11.9 Å². The second kappa shape index (κ2) is 6.19. The Morgan fingerprint density at radius 2 is 2.17 bits per heavy atom. The number of benzene rings is 1. The number of nitrogens with zero attached hydrogens (tertiary/aromatic N) is 1. The number of halogens is 1. The lowest BCUT2D eigenvalue weighted by molar-refractivity contribution is 0.567. The van der Waals surface area contributed by atoms with E-state index in [0.717, 1.165) is 28.1 Å². The summed E-state index contributed by atoms with van der Waals surface area (Å²) >= 11 is 3.45. The van der Waals surface area contributed by atoms with E-state index in [1.54, 1.807) is 0 Å². The first-order valence-corrected chi connectivity index (χ1v) is 7.24. The maximum absolute atomic E-state index is 4.49. The van der Waals surface area contributed by atoms with Crippen molar-refractivity contribution in [3.8, 4) is 0 Å². The van der Waals surface area contributed by atoms with Crippen molar-refractivity contribution in [3.05, 3.63) is 34.9 Å². The van der Waals surface area contributed by atoms with Crippen molar-refractivity contribution in [1.82, 2.24) is 4.98 Å². The average molecular weight is 307 g/mol. The zero-order chi connectivity index (χ0) is 13.0. The van der Waals surface area contributed by atoms with Crippen LogP contribution in [-0.2, 0) is 0 Å². The molecule has 0 radical (unpaired) electrons. The van der Waals surface area contributed by atoms with E-state index < -0.39 is 0 Å². The van der Waals surface area contributed by atoms with Gasteiger partial charge in [-0.15, -0.1) is 0 Å². The minimum Gasteiger partial charge on any atom is -0.383 e. The smallest absolute Gasteiger partial charge is 0.0934 e. The Labute approximate surface area is 117 Å². The molecule has 2 nitrogen and oxygen atoms in total. The first kappa shape index (κ1) is 13.3. The Bertz CT molecular complexity index is 523. The molecule has 0 amide bonds. The Balaban J connectivity index is 2.08. The van der Waals surface area contributed by atoms with Gasteiger partial charge in [0.05, 0.1) is 11.2 Å². The second-order valence-corrected chi connectivity index (χ2v) is 5.91. The number of rotatable bonds is 5. The summed E-state index contributed by atoms with van der Waals surface area (Å²) in [6.07, 6.45) is 4.31. The molecule has 0 atom stereocenters. The predicted octanol–water partition coefficient (Wildman–Crippen LogP) is 4.85. The van der Waals surface area contributed by atoms with Crippen molar-refractivity contribution in [2.45, 2.75) is 26.7 Å². The number of hydrogen-bond acceptors (Lipinski definition) is 2. The molecule has 0 spiro atoms. The number of nitrogens with one attached hydrogen (secondary N) is 1. The lowest BCUT2D eigenvalue weighted by Gasteiger charge is -2.10.